The number of carbonyl (C=O) groups is 1. The lowest BCUT2D eigenvalue weighted by atomic mass is 9.72. The summed E-state index contributed by atoms with van der Waals surface area (Å²) in [5.74, 6) is 0.871. The monoisotopic (exact) mass is 577 g/mol. The zero-order valence-electron chi connectivity index (χ0n) is 27.0. The third-order valence-electron chi connectivity index (χ3n) is 7.63. The van der Waals surface area contributed by atoms with E-state index in [1.807, 2.05) is 52.5 Å². The van der Waals surface area contributed by atoms with Crippen molar-refractivity contribution in [2.75, 3.05) is 38.1 Å². The Kier molecular flexibility index (Phi) is 17.4. The van der Waals surface area contributed by atoms with Crippen LogP contribution < -0.4 is 15.9 Å². The van der Waals surface area contributed by atoms with Gasteiger partial charge in [0.2, 0.25) is 5.91 Å². The molecular formula is C36H56N3OP. The maximum absolute atomic E-state index is 14.0. The highest BCUT2D eigenvalue weighted by atomic mass is 31.0. The molecule has 0 saturated carbocycles. The summed E-state index contributed by atoms with van der Waals surface area (Å²) >= 11 is 0. The van der Waals surface area contributed by atoms with Crippen LogP contribution in [0.4, 0.5) is 5.69 Å². The van der Waals surface area contributed by atoms with Gasteiger partial charge >= 0.3 is 0 Å². The number of amides is 1. The highest BCUT2D eigenvalue weighted by Crippen LogP contribution is 2.48. The van der Waals surface area contributed by atoms with Crippen LogP contribution in [0.5, 0.6) is 0 Å². The minimum atomic E-state index is -0.616. The number of piperidine rings is 1. The summed E-state index contributed by atoms with van der Waals surface area (Å²) < 4.78 is 0. The number of likely N-dealkylation sites (tertiary alicyclic amines) is 1. The smallest absolute Gasteiger partial charge is 0.242 e. The van der Waals surface area contributed by atoms with Crippen LogP contribution in [0.1, 0.15) is 90.3 Å². The second-order valence-electron chi connectivity index (χ2n) is 9.37. The van der Waals surface area contributed by atoms with E-state index in [0.717, 1.165) is 48.2 Å². The van der Waals surface area contributed by atoms with E-state index in [0.29, 0.717) is 12.5 Å². The molecule has 0 radical (unpaired) electrons. The van der Waals surface area contributed by atoms with E-state index in [9.17, 15) is 4.79 Å². The molecule has 0 aromatic heterocycles. The number of likely N-dealkylation sites (N-methyl/N-ethyl adjacent to an activating group) is 1. The van der Waals surface area contributed by atoms with Crippen LogP contribution in [0.15, 0.2) is 78.9 Å². The van der Waals surface area contributed by atoms with Gasteiger partial charge < -0.3 is 15.5 Å². The molecule has 2 atom stereocenters. The topological polar surface area (TPSA) is 49.6 Å². The fourth-order valence-electron chi connectivity index (χ4n) is 5.83. The van der Waals surface area contributed by atoms with Crippen molar-refractivity contribution in [3.8, 4) is 0 Å². The van der Waals surface area contributed by atoms with Gasteiger partial charge in [-0.25, -0.2) is 0 Å². The number of benzene rings is 3. The number of hydrogen-bond donors (Lipinski definition) is 1. The van der Waals surface area contributed by atoms with Crippen LogP contribution >= 0.6 is 9.24 Å². The molecule has 0 bridgehead atoms. The highest BCUT2D eigenvalue weighted by Gasteiger charge is 2.51. The van der Waals surface area contributed by atoms with E-state index in [1.165, 1.54) is 25.5 Å². The third kappa shape index (κ3) is 8.51. The standard InChI is InChI=1S/C29H33N2OP.3C2H6.CH5N/c1-2-31-27-14-13-25(33)21-26(27)29(28(31)32,24-11-7-4-8-12-24)17-20-30-18-15-23(16-19-30)22-9-5-3-6-10-22;4*1-2/h3-14,21,23H,2,15-20,33H2,1H3;3*1-2H3;2H2,1H3. The molecule has 2 unspecified atom stereocenters. The lowest BCUT2D eigenvalue weighted by Gasteiger charge is -2.36. The number of nitrogens with two attached hydrogens (primary N) is 1. The second kappa shape index (κ2) is 19.6. The molecule has 1 saturated heterocycles. The van der Waals surface area contributed by atoms with E-state index in [-0.39, 0.29) is 5.91 Å². The number of carbonyl (C=O) groups excluding carboxylic acids is 1. The Morgan fingerprint density at radius 2 is 1.37 bits per heavy atom. The largest absolute Gasteiger partial charge is 0.333 e. The van der Waals surface area contributed by atoms with Crippen LogP contribution in [-0.4, -0.2) is 44.0 Å². The fourth-order valence-corrected chi connectivity index (χ4v) is 6.09. The maximum atomic E-state index is 14.0. The van der Waals surface area contributed by atoms with Gasteiger partial charge in [-0.2, -0.15) is 0 Å². The summed E-state index contributed by atoms with van der Waals surface area (Å²) in [6, 6.07) is 27.8. The molecule has 2 aliphatic heterocycles. The molecule has 4 nitrogen and oxygen atoms in total. The van der Waals surface area contributed by atoms with Crippen molar-refractivity contribution in [2.45, 2.75) is 79.1 Å². The van der Waals surface area contributed by atoms with Crippen LogP contribution in [0.2, 0.25) is 0 Å². The van der Waals surface area contributed by atoms with Crippen molar-refractivity contribution in [2.24, 2.45) is 5.73 Å². The normalized spacial score (nSPS) is 17.8. The summed E-state index contributed by atoms with van der Waals surface area (Å²) in [4.78, 5) is 18.6. The zero-order valence-corrected chi connectivity index (χ0v) is 28.1. The zero-order chi connectivity index (χ0) is 30.8. The highest BCUT2D eigenvalue weighted by molar-refractivity contribution is 7.27. The van der Waals surface area contributed by atoms with Crippen molar-refractivity contribution < 1.29 is 4.79 Å². The minimum absolute atomic E-state index is 0.223. The van der Waals surface area contributed by atoms with E-state index >= 15 is 0 Å². The Morgan fingerprint density at radius 1 is 0.829 bits per heavy atom. The van der Waals surface area contributed by atoms with Gasteiger partial charge in [-0.3, -0.25) is 4.79 Å². The number of hydrogen-bond acceptors (Lipinski definition) is 3. The lowest BCUT2D eigenvalue weighted by Crippen LogP contribution is -2.44. The summed E-state index contributed by atoms with van der Waals surface area (Å²) in [6.45, 7) is 17.9. The average Bonchev–Trinajstić information content (AvgIpc) is 3.31. The van der Waals surface area contributed by atoms with Crippen molar-refractivity contribution in [3.63, 3.8) is 0 Å². The fraction of sp³-hybridized carbons (Fsp3) is 0.472. The van der Waals surface area contributed by atoms with Crippen LogP contribution in [0.3, 0.4) is 0 Å². The summed E-state index contributed by atoms with van der Waals surface area (Å²) in [6.07, 6.45) is 3.18. The van der Waals surface area contributed by atoms with E-state index in [1.54, 1.807) is 0 Å². The molecule has 3 aromatic rings. The van der Waals surface area contributed by atoms with Gasteiger partial charge in [-0.05, 0) is 92.9 Å². The van der Waals surface area contributed by atoms with Gasteiger partial charge in [-0.1, -0.05) is 108 Å². The molecule has 1 amide bonds. The van der Waals surface area contributed by atoms with E-state index in [2.05, 4.69) is 99.6 Å². The molecular weight excluding hydrogens is 521 g/mol. The third-order valence-corrected chi connectivity index (χ3v) is 7.98. The van der Waals surface area contributed by atoms with Crippen LogP contribution in [-0.2, 0) is 10.2 Å². The number of anilines is 1. The number of nitrogens with zero attached hydrogens (tertiary/aromatic N) is 2. The second-order valence-corrected chi connectivity index (χ2v) is 10.0. The van der Waals surface area contributed by atoms with Crippen molar-refractivity contribution in [1.82, 2.24) is 4.90 Å². The van der Waals surface area contributed by atoms with E-state index < -0.39 is 5.41 Å². The first-order valence-corrected chi connectivity index (χ1v) is 16.3. The SMILES string of the molecule is CC.CC.CC.CCN1C(=O)C(CCN2CCC(c3ccccc3)CC2)(c2ccccc2)c2cc(P)ccc21.CN. The number of fused-ring (bicyclic) bond motifs is 1. The Morgan fingerprint density at radius 3 is 1.90 bits per heavy atom. The number of rotatable bonds is 6. The van der Waals surface area contributed by atoms with Gasteiger partial charge in [0.25, 0.3) is 0 Å². The van der Waals surface area contributed by atoms with Crippen molar-refractivity contribution >= 4 is 26.1 Å². The first-order chi connectivity index (χ1) is 20.1. The average molecular weight is 578 g/mol. The molecule has 0 spiro atoms. The molecule has 1 fully saturated rings. The Labute approximate surface area is 253 Å². The first kappa shape index (κ1) is 36.5. The Bertz CT molecular complexity index is 1110. The van der Waals surface area contributed by atoms with Gasteiger partial charge in [-0.15, -0.1) is 9.24 Å². The molecule has 0 aliphatic carbocycles. The lowest BCUT2D eigenvalue weighted by molar-refractivity contribution is -0.122. The van der Waals surface area contributed by atoms with Gasteiger partial charge in [0.05, 0.1) is 0 Å². The molecule has 2 heterocycles. The molecule has 2 aliphatic rings. The summed E-state index contributed by atoms with van der Waals surface area (Å²) in [5, 5.41) is 1.13. The molecule has 3 aromatic carbocycles. The predicted octanol–water partition coefficient (Wildman–Crippen LogP) is 7.76. The molecule has 226 valence electrons. The quantitative estimate of drug-likeness (QED) is 0.305. The van der Waals surface area contributed by atoms with Gasteiger partial charge in [0.15, 0.2) is 0 Å². The first-order valence-electron chi connectivity index (χ1n) is 15.8. The van der Waals surface area contributed by atoms with Gasteiger partial charge in [0.1, 0.15) is 5.41 Å². The predicted molar refractivity (Wildman–Crippen MR) is 185 cm³/mol. The van der Waals surface area contributed by atoms with Crippen molar-refractivity contribution in [3.05, 3.63) is 95.6 Å². The molecule has 5 heteroatoms. The van der Waals surface area contributed by atoms with Crippen LogP contribution in [0, 0.1) is 0 Å². The minimum Gasteiger partial charge on any atom is -0.333 e. The summed E-state index contributed by atoms with van der Waals surface area (Å²) in [5.41, 5.74) is 8.69. The van der Waals surface area contributed by atoms with Crippen molar-refractivity contribution in [1.29, 1.82) is 0 Å². The Hall–Kier alpha value is -2.52. The summed E-state index contributed by atoms with van der Waals surface area (Å²) in [7, 11) is 4.31. The molecule has 5 rings (SSSR count). The molecule has 41 heavy (non-hydrogen) atoms. The van der Waals surface area contributed by atoms with Gasteiger partial charge in [0, 0.05) is 12.2 Å². The maximum Gasteiger partial charge on any atom is 0.242 e. The molecule has 2 N–H and O–H groups in total. The van der Waals surface area contributed by atoms with Crippen LogP contribution in [0.25, 0.3) is 0 Å². The Balaban J connectivity index is 0.000000969. The van der Waals surface area contributed by atoms with E-state index in [4.69, 9.17) is 0 Å².